The fourth-order valence-electron chi connectivity index (χ4n) is 1.63. The summed E-state index contributed by atoms with van der Waals surface area (Å²) in [5.74, 6) is 1.90. The molecule has 0 unspecified atom stereocenters. The van der Waals surface area contributed by atoms with Gasteiger partial charge in [0.25, 0.3) is 0 Å². The zero-order chi connectivity index (χ0) is 13.7. The molecular weight excluding hydrogens is 442 g/mol. The zero-order valence-corrected chi connectivity index (χ0v) is 14.4. The largest absolute Gasteiger partial charge is 0.449 e. The minimum Gasteiger partial charge on any atom is -0.449 e. The van der Waals surface area contributed by atoms with Crippen LogP contribution in [0.4, 0.5) is 0 Å². The Morgan fingerprint density at radius 1 is 0.789 bits per heavy atom. The van der Waals surface area contributed by atoms with E-state index < -0.39 is 0 Å². The van der Waals surface area contributed by atoms with Gasteiger partial charge in [-0.25, -0.2) is 0 Å². The van der Waals surface area contributed by atoms with Gasteiger partial charge in [-0.05, 0) is 31.9 Å². The lowest BCUT2D eigenvalue weighted by Crippen LogP contribution is -2.00. The van der Waals surface area contributed by atoms with Gasteiger partial charge < -0.3 is 9.47 Å². The van der Waals surface area contributed by atoms with Crippen molar-refractivity contribution < 1.29 is 9.47 Å². The molecule has 2 aromatic rings. The van der Waals surface area contributed by atoms with E-state index in [9.17, 15) is 0 Å². The summed E-state index contributed by atoms with van der Waals surface area (Å²) in [4.78, 5) is 0. The van der Waals surface area contributed by atoms with Crippen LogP contribution in [-0.2, 0) is 0 Å². The standard InChI is InChI=1S/C12H3Br2Cl3O2/c13-4-1-7-8(2-5(4)15)19-12-9(18-7)3-6(16)10(14)11(12)17/h1-3H. The second-order valence-electron chi connectivity index (χ2n) is 3.73. The van der Waals surface area contributed by atoms with E-state index in [-0.39, 0.29) is 0 Å². The Bertz CT molecular complexity index is 704. The molecule has 0 spiro atoms. The molecule has 1 heterocycles. The van der Waals surface area contributed by atoms with Crippen LogP contribution in [0, 0.1) is 0 Å². The highest BCUT2D eigenvalue weighted by atomic mass is 79.9. The van der Waals surface area contributed by atoms with Crippen molar-refractivity contribution in [2.24, 2.45) is 0 Å². The second kappa shape index (κ2) is 5.01. The van der Waals surface area contributed by atoms with Crippen molar-refractivity contribution in [2.45, 2.75) is 0 Å². The van der Waals surface area contributed by atoms with E-state index in [2.05, 4.69) is 31.9 Å². The van der Waals surface area contributed by atoms with Crippen LogP contribution in [0.25, 0.3) is 0 Å². The molecule has 0 atom stereocenters. The Hall–Kier alpha value is -0.130. The minimum atomic E-state index is 0.354. The molecule has 7 heteroatoms. The monoisotopic (exact) mass is 442 g/mol. The van der Waals surface area contributed by atoms with Crippen molar-refractivity contribution in [1.29, 1.82) is 0 Å². The van der Waals surface area contributed by atoms with Crippen LogP contribution in [0.2, 0.25) is 15.1 Å². The van der Waals surface area contributed by atoms with Crippen molar-refractivity contribution in [3.63, 3.8) is 0 Å². The van der Waals surface area contributed by atoms with E-state index in [0.717, 1.165) is 0 Å². The summed E-state index contributed by atoms with van der Waals surface area (Å²) in [6.45, 7) is 0. The van der Waals surface area contributed by atoms with Crippen LogP contribution in [0.15, 0.2) is 27.1 Å². The highest BCUT2D eigenvalue weighted by Gasteiger charge is 2.25. The molecule has 1 aliphatic rings. The van der Waals surface area contributed by atoms with E-state index in [0.29, 0.717) is 47.0 Å². The maximum atomic E-state index is 6.18. The lowest BCUT2D eigenvalue weighted by atomic mass is 10.2. The molecule has 2 aromatic carbocycles. The van der Waals surface area contributed by atoms with Gasteiger partial charge in [0, 0.05) is 22.7 Å². The summed E-state index contributed by atoms with van der Waals surface area (Å²) in [6.07, 6.45) is 0. The normalized spacial score (nSPS) is 12.3. The first-order chi connectivity index (χ1) is 8.97. The molecule has 0 amide bonds. The summed E-state index contributed by atoms with van der Waals surface area (Å²) in [6, 6.07) is 5.02. The van der Waals surface area contributed by atoms with Gasteiger partial charge in [0.2, 0.25) is 0 Å². The Morgan fingerprint density at radius 3 is 2.16 bits per heavy atom. The number of halogens is 5. The predicted octanol–water partition coefficient (Wildman–Crippen LogP) is 7.07. The Kier molecular flexibility index (Phi) is 3.65. The van der Waals surface area contributed by atoms with Gasteiger partial charge in [0.1, 0.15) is 5.02 Å². The van der Waals surface area contributed by atoms with Crippen LogP contribution < -0.4 is 9.47 Å². The summed E-state index contributed by atoms with van der Waals surface area (Å²) in [5, 5.41) is 1.32. The molecule has 0 saturated carbocycles. The van der Waals surface area contributed by atoms with E-state index >= 15 is 0 Å². The molecule has 0 N–H and O–H groups in total. The van der Waals surface area contributed by atoms with Crippen molar-refractivity contribution in [1.82, 2.24) is 0 Å². The van der Waals surface area contributed by atoms with Crippen LogP contribution in [-0.4, -0.2) is 0 Å². The Labute approximate surface area is 140 Å². The van der Waals surface area contributed by atoms with Gasteiger partial charge in [0.15, 0.2) is 23.0 Å². The topological polar surface area (TPSA) is 18.5 Å². The fraction of sp³-hybridized carbons (Fsp3) is 0. The number of fused-ring (bicyclic) bond motifs is 2. The number of hydrogen-bond donors (Lipinski definition) is 0. The van der Waals surface area contributed by atoms with Gasteiger partial charge >= 0.3 is 0 Å². The average molecular weight is 445 g/mol. The molecule has 0 radical (unpaired) electrons. The second-order valence-corrected chi connectivity index (χ2v) is 6.57. The first-order valence-corrected chi connectivity index (χ1v) is 7.71. The average Bonchev–Trinajstić information content (AvgIpc) is 2.37. The molecule has 0 saturated heterocycles. The van der Waals surface area contributed by atoms with Gasteiger partial charge in [-0.1, -0.05) is 34.8 Å². The molecule has 0 aromatic heterocycles. The third kappa shape index (κ3) is 2.34. The Balaban J connectivity index is 2.17. The minimum absolute atomic E-state index is 0.354. The predicted molar refractivity (Wildman–Crippen MR) is 83.5 cm³/mol. The van der Waals surface area contributed by atoms with E-state index in [1.807, 2.05) is 0 Å². The van der Waals surface area contributed by atoms with E-state index in [4.69, 9.17) is 44.3 Å². The van der Waals surface area contributed by atoms with Gasteiger partial charge in [-0.2, -0.15) is 0 Å². The van der Waals surface area contributed by atoms with Crippen LogP contribution in [0.1, 0.15) is 0 Å². The molecule has 3 rings (SSSR count). The molecule has 2 nitrogen and oxygen atoms in total. The summed E-state index contributed by atoms with van der Waals surface area (Å²) >= 11 is 24.9. The molecule has 0 fully saturated rings. The summed E-state index contributed by atoms with van der Waals surface area (Å²) < 4.78 is 12.7. The number of hydrogen-bond acceptors (Lipinski definition) is 2. The molecule has 1 aliphatic heterocycles. The quantitative estimate of drug-likeness (QED) is 0.345. The van der Waals surface area contributed by atoms with E-state index in [1.54, 1.807) is 18.2 Å². The first-order valence-electron chi connectivity index (χ1n) is 4.99. The van der Waals surface area contributed by atoms with Crippen molar-refractivity contribution >= 4 is 66.7 Å². The van der Waals surface area contributed by atoms with Crippen molar-refractivity contribution in [2.75, 3.05) is 0 Å². The molecule has 0 bridgehead atoms. The SMILES string of the molecule is Clc1cc2c(cc1Br)Oc1cc(Cl)c(Br)c(Cl)c1O2. The zero-order valence-electron chi connectivity index (χ0n) is 8.94. The molecule has 19 heavy (non-hydrogen) atoms. The van der Waals surface area contributed by atoms with Gasteiger partial charge in [-0.3, -0.25) is 0 Å². The van der Waals surface area contributed by atoms with Crippen LogP contribution >= 0.6 is 66.7 Å². The van der Waals surface area contributed by atoms with Crippen LogP contribution in [0.3, 0.4) is 0 Å². The van der Waals surface area contributed by atoms with E-state index in [1.165, 1.54) is 0 Å². The van der Waals surface area contributed by atoms with Crippen molar-refractivity contribution in [3.05, 3.63) is 42.2 Å². The smallest absolute Gasteiger partial charge is 0.189 e. The fourth-order valence-corrected chi connectivity index (χ4v) is 2.87. The number of benzene rings is 2. The third-order valence-electron chi connectivity index (χ3n) is 2.50. The summed E-state index contributed by atoms with van der Waals surface area (Å²) in [5.41, 5.74) is 0. The first kappa shape index (κ1) is 13.8. The number of rotatable bonds is 0. The third-order valence-corrected chi connectivity index (χ3v) is 5.64. The molecular formula is C12H3Br2Cl3O2. The van der Waals surface area contributed by atoms with Gasteiger partial charge in [0.05, 0.1) is 14.5 Å². The lowest BCUT2D eigenvalue weighted by molar-refractivity contribution is 0.359. The maximum absolute atomic E-state index is 6.18. The van der Waals surface area contributed by atoms with Gasteiger partial charge in [-0.15, -0.1) is 0 Å². The maximum Gasteiger partial charge on any atom is 0.189 e. The van der Waals surface area contributed by atoms with Crippen LogP contribution in [0.5, 0.6) is 23.0 Å². The molecule has 98 valence electrons. The number of ether oxygens (including phenoxy) is 2. The lowest BCUT2D eigenvalue weighted by Gasteiger charge is -2.22. The highest BCUT2D eigenvalue weighted by Crippen LogP contribution is 2.53. The Morgan fingerprint density at radius 2 is 1.42 bits per heavy atom. The van der Waals surface area contributed by atoms with Crippen molar-refractivity contribution in [3.8, 4) is 23.0 Å². The summed E-state index contributed by atoms with van der Waals surface area (Å²) in [7, 11) is 0. The highest BCUT2D eigenvalue weighted by molar-refractivity contribution is 9.11. The molecule has 0 aliphatic carbocycles.